The summed E-state index contributed by atoms with van der Waals surface area (Å²) in [7, 11) is -2.57. The predicted octanol–water partition coefficient (Wildman–Crippen LogP) is 3.07. The molecule has 1 unspecified atom stereocenters. The second-order valence-corrected chi connectivity index (χ2v) is 4.84. The van der Waals surface area contributed by atoms with Gasteiger partial charge in [-0.1, -0.05) is 32.8 Å². The molecule has 0 saturated heterocycles. The summed E-state index contributed by atoms with van der Waals surface area (Å²) in [6, 6.07) is 0. The highest BCUT2D eigenvalue weighted by atomic mass is 31.2. The lowest BCUT2D eigenvalue weighted by Crippen LogP contribution is -2.04. The van der Waals surface area contributed by atoms with Gasteiger partial charge in [0.05, 0.1) is 6.61 Å². The molecule has 0 aliphatic carbocycles. The average molecular weight is 250 g/mol. The number of unbranched alkanes of at least 4 members (excludes halogenated alkanes) is 3. The standard InChI is InChI=1S/C10H19O5P/c1-4-6-7-8-9-14-16(12,13-3)15-10(11)5-2/h5H,2,4,6-9H2,1,3H3. The van der Waals surface area contributed by atoms with Gasteiger partial charge in [-0.25, -0.2) is 9.36 Å². The summed E-state index contributed by atoms with van der Waals surface area (Å²) in [5, 5.41) is 0. The number of hydrogen-bond donors (Lipinski definition) is 0. The summed E-state index contributed by atoms with van der Waals surface area (Å²) in [5.41, 5.74) is 0. The zero-order chi connectivity index (χ0) is 12.4. The van der Waals surface area contributed by atoms with Crippen LogP contribution in [0.1, 0.15) is 32.6 Å². The van der Waals surface area contributed by atoms with Crippen LogP contribution in [0.25, 0.3) is 0 Å². The number of carbonyl (C=O) groups is 1. The van der Waals surface area contributed by atoms with Gasteiger partial charge in [-0.05, 0) is 6.42 Å². The molecule has 0 aromatic carbocycles. The molecular weight excluding hydrogens is 231 g/mol. The van der Waals surface area contributed by atoms with E-state index in [2.05, 4.69) is 22.6 Å². The van der Waals surface area contributed by atoms with Crippen LogP contribution in [0.4, 0.5) is 0 Å². The van der Waals surface area contributed by atoms with Crippen molar-refractivity contribution in [2.75, 3.05) is 13.7 Å². The normalized spacial score (nSPS) is 14.1. The summed E-state index contributed by atoms with van der Waals surface area (Å²) < 4.78 is 25.6. The number of carbonyl (C=O) groups excluding carboxylic acids is 1. The molecule has 0 spiro atoms. The monoisotopic (exact) mass is 250 g/mol. The maximum Gasteiger partial charge on any atom is 0.532 e. The van der Waals surface area contributed by atoms with E-state index in [-0.39, 0.29) is 6.61 Å². The van der Waals surface area contributed by atoms with Crippen molar-refractivity contribution < 1.29 is 22.9 Å². The molecule has 5 nitrogen and oxygen atoms in total. The fourth-order valence-corrected chi connectivity index (χ4v) is 1.85. The quantitative estimate of drug-likeness (QED) is 0.357. The Bertz CT molecular complexity index is 264. The second kappa shape index (κ2) is 8.50. The van der Waals surface area contributed by atoms with E-state index < -0.39 is 13.8 Å². The van der Waals surface area contributed by atoms with Crippen molar-refractivity contribution >= 4 is 13.8 Å². The van der Waals surface area contributed by atoms with Crippen molar-refractivity contribution in [3.8, 4) is 0 Å². The van der Waals surface area contributed by atoms with Gasteiger partial charge in [0, 0.05) is 13.2 Å². The van der Waals surface area contributed by atoms with Crippen molar-refractivity contribution in [3.63, 3.8) is 0 Å². The first-order valence-corrected chi connectivity index (χ1v) is 6.70. The Balaban J connectivity index is 3.92. The van der Waals surface area contributed by atoms with Gasteiger partial charge in [-0.2, -0.15) is 0 Å². The van der Waals surface area contributed by atoms with Gasteiger partial charge in [0.2, 0.25) is 0 Å². The van der Waals surface area contributed by atoms with E-state index in [1.807, 2.05) is 0 Å². The third-order valence-electron chi connectivity index (χ3n) is 1.84. The molecule has 0 amide bonds. The van der Waals surface area contributed by atoms with E-state index in [9.17, 15) is 9.36 Å². The molecule has 0 rings (SSSR count). The highest BCUT2D eigenvalue weighted by molar-refractivity contribution is 7.49. The maximum atomic E-state index is 11.6. The Hall–Kier alpha value is -0.640. The van der Waals surface area contributed by atoms with Gasteiger partial charge in [0.25, 0.3) is 0 Å². The Labute approximate surface area is 96.4 Å². The molecule has 16 heavy (non-hydrogen) atoms. The molecule has 94 valence electrons. The number of hydrogen-bond acceptors (Lipinski definition) is 5. The van der Waals surface area contributed by atoms with E-state index in [1.165, 1.54) is 7.11 Å². The largest absolute Gasteiger partial charge is 0.532 e. The molecule has 0 saturated carbocycles. The maximum absolute atomic E-state index is 11.6. The molecule has 6 heteroatoms. The van der Waals surface area contributed by atoms with Gasteiger partial charge in [0.1, 0.15) is 0 Å². The molecule has 0 fully saturated rings. The smallest absolute Gasteiger partial charge is 0.367 e. The highest BCUT2D eigenvalue weighted by Gasteiger charge is 2.28. The first kappa shape index (κ1) is 15.4. The molecule has 0 aliphatic rings. The third kappa shape index (κ3) is 6.77. The Morgan fingerprint density at radius 3 is 2.56 bits per heavy atom. The Kier molecular flexibility index (Phi) is 8.16. The van der Waals surface area contributed by atoms with Crippen molar-refractivity contribution in [3.05, 3.63) is 12.7 Å². The molecule has 0 heterocycles. The minimum atomic E-state index is -3.74. The predicted molar refractivity (Wildman–Crippen MR) is 61.0 cm³/mol. The van der Waals surface area contributed by atoms with Crippen LogP contribution in [-0.2, 0) is 22.9 Å². The highest BCUT2D eigenvalue weighted by Crippen LogP contribution is 2.48. The number of phosphoric acid groups is 1. The van der Waals surface area contributed by atoms with Crippen molar-refractivity contribution in [1.29, 1.82) is 0 Å². The Morgan fingerprint density at radius 1 is 1.38 bits per heavy atom. The van der Waals surface area contributed by atoms with Crippen molar-refractivity contribution in [2.45, 2.75) is 32.6 Å². The van der Waals surface area contributed by atoms with Gasteiger partial charge < -0.3 is 4.52 Å². The van der Waals surface area contributed by atoms with Gasteiger partial charge in [0.15, 0.2) is 0 Å². The lowest BCUT2D eigenvalue weighted by molar-refractivity contribution is -0.130. The lowest BCUT2D eigenvalue weighted by atomic mass is 10.2. The van der Waals surface area contributed by atoms with Crippen LogP contribution in [0, 0.1) is 0 Å². The number of rotatable bonds is 9. The first-order valence-electron chi connectivity index (χ1n) is 5.24. The van der Waals surface area contributed by atoms with Gasteiger partial charge in [-0.15, -0.1) is 0 Å². The first-order chi connectivity index (χ1) is 7.58. The van der Waals surface area contributed by atoms with Crippen LogP contribution in [0.5, 0.6) is 0 Å². The minimum absolute atomic E-state index is 0.246. The molecule has 0 N–H and O–H groups in total. The average Bonchev–Trinajstić information content (AvgIpc) is 2.28. The summed E-state index contributed by atoms with van der Waals surface area (Å²) in [6.07, 6.45) is 4.84. The van der Waals surface area contributed by atoms with E-state index >= 15 is 0 Å². The molecule has 0 aliphatic heterocycles. The van der Waals surface area contributed by atoms with Crippen LogP contribution < -0.4 is 0 Å². The van der Waals surface area contributed by atoms with Gasteiger partial charge in [-0.3, -0.25) is 9.05 Å². The molecule has 0 aromatic heterocycles. The molecule has 0 bridgehead atoms. The lowest BCUT2D eigenvalue weighted by Gasteiger charge is -2.14. The summed E-state index contributed by atoms with van der Waals surface area (Å²) in [5.74, 6) is -0.821. The van der Waals surface area contributed by atoms with Crippen LogP contribution in [-0.4, -0.2) is 19.7 Å². The van der Waals surface area contributed by atoms with E-state index in [4.69, 9.17) is 4.52 Å². The van der Waals surface area contributed by atoms with Crippen LogP contribution in [0.2, 0.25) is 0 Å². The van der Waals surface area contributed by atoms with Gasteiger partial charge >= 0.3 is 13.8 Å². The van der Waals surface area contributed by atoms with Crippen molar-refractivity contribution in [1.82, 2.24) is 0 Å². The molecule has 0 aromatic rings. The fraction of sp³-hybridized carbons (Fsp3) is 0.700. The fourth-order valence-electron chi connectivity index (χ4n) is 0.969. The minimum Gasteiger partial charge on any atom is -0.367 e. The molecular formula is C10H19O5P. The summed E-state index contributed by atoms with van der Waals surface area (Å²) >= 11 is 0. The van der Waals surface area contributed by atoms with Crippen LogP contribution >= 0.6 is 7.82 Å². The SMILES string of the molecule is C=CC(=O)OP(=O)(OC)OCCCCCC. The van der Waals surface area contributed by atoms with E-state index in [1.54, 1.807) is 0 Å². The van der Waals surface area contributed by atoms with E-state index in [0.29, 0.717) is 0 Å². The van der Waals surface area contributed by atoms with E-state index in [0.717, 1.165) is 31.8 Å². The zero-order valence-corrected chi connectivity index (χ0v) is 10.7. The summed E-state index contributed by atoms with van der Waals surface area (Å²) in [6.45, 7) is 5.53. The topological polar surface area (TPSA) is 61.8 Å². The van der Waals surface area contributed by atoms with Crippen LogP contribution in [0.15, 0.2) is 12.7 Å². The third-order valence-corrected chi connectivity index (χ3v) is 3.19. The zero-order valence-electron chi connectivity index (χ0n) is 9.81. The Morgan fingerprint density at radius 2 is 2.06 bits per heavy atom. The number of phosphoric ester groups is 1. The van der Waals surface area contributed by atoms with Crippen LogP contribution in [0.3, 0.4) is 0 Å². The van der Waals surface area contributed by atoms with Crippen molar-refractivity contribution in [2.24, 2.45) is 0 Å². The molecule has 1 atom stereocenters. The second-order valence-electron chi connectivity index (χ2n) is 3.14. The summed E-state index contributed by atoms with van der Waals surface area (Å²) in [4.78, 5) is 10.8. The molecule has 0 radical (unpaired) electrons.